The molecule has 0 saturated heterocycles. The molecule has 0 aliphatic rings. The van der Waals surface area contributed by atoms with Gasteiger partial charge >= 0.3 is 0 Å². The van der Waals surface area contributed by atoms with Crippen LogP contribution in [0.25, 0.3) is 0 Å². The largest absolute Gasteiger partial charge is 0.484 e. The van der Waals surface area contributed by atoms with Crippen molar-refractivity contribution in [2.24, 2.45) is 0 Å². The van der Waals surface area contributed by atoms with Crippen LogP contribution >= 0.6 is 23.2 Å². The highest BCUT2D eigenvalue weighted by atomic mass is 35.5. The fraction of sp³-hybridized carbons (Fsp3) is 0.364. The molecule has 0 saturated carbocycles. The summed E-state index contributed by atoms with van der Waals surface area (Å²) in [4.78, 5) is 26.9. The molecule has 0 bridgehead atoms. The molecule has 0 aliphatic carbocycles. The van der Waals surface area contributed by atoms with Gasteiger partial charge in [-0.3, -0.25) is 9.59 Å². The van der Waals surface area contributed by atoms with Gasteiger partial charge in [0.05, 0.1) is 0 Å². The zero-order valence-electron chi connectivity index (χ0n) is 16.9. The number of carbonyl (C=O) groups is 2. The number of halogens is 2. The number of aryl methyl sites for hydroxylation is 1. The van der Waals surface area contributed by atoms with E-state index in [9.17, 15) is 9.59 Å². The zero-order chi connectivity index (χ0) is 21.4. The number of carbonyl (C=O) groups excluding carboxylic acids is 2. The van der Waals surface area contributed by atoms with Crippen molar-refractivity contribution in [2.45, 2.75) is 39.8 Å². The van der Waals surface area contributed by atoms with E-state index in [0.717, 1.165) is 17.5 Å². The maximum absolute atomic E-state index is 12.9. The summed E-state index contributed by atoms with van der Waals surface area (Å²) in [5.41, 5.74) is 1.70. The first-order valence-corrected chi connectivity index (χ1v) is 10.3. The molecule has 5 nitrogen and oxygen atoms in total. The second-order valence-electron chi connectivity index (χ2n) is 6.82. The van der Waals surface area contributed by atoms with Gasteiger partial charge in [0.25, 0.3) is 5.91 Å². The van der Waals surface area contributed by atoms with Crippen LogP contribution in [0.4, 0.5) is 0 Å². The van der Waals surface area contributed by atoms with Gasteiger partial charge in [0.15, 0.2) is 6.61 Å². The summed E-state index contributed by atoms with van der Waals surface area (Å²) in [6.45, 7) is 6.17. The van der Waals surface area contributed by atoms with E-state index in [0.29, 0.717) is 22.3 Å². The SMILES string of the molecule is CCCNC(=O)[C@@H](C)N(Cc1cccc(Cl)c1)C(=O)COc1ccc(Cl)c(C)c1. The molecule has 1 atom stereocenters. The lowest BCUT2D eigenvalue weighted by Gasteiger charge is -2.28. The van der Waals surface area contributed by atoms with E-state index in [-0.39, 0.29) is 25.0 Å². The quantitative estimate of drug-likeness (QED) is 0.623. The molecular formula is C22H26Cl2N2O3. The topological polar surface area (TPSA) is 58.6 Å². The average molecular weight is 437 g/mol. The summed E-state index contributed by atoms with van der Waals surface area (Å²) in [5.74, 6) is 0.0485. The summed E-state index contributed by atoms with van der Waals surface area (Å²) in [7, 11) is 0. The Morgan fingerprint density at radius 3 is 2.59 bits per heavy atom. The van der Waals surface area contributed by atoms with Crippen molar-refractivity contribution >= 4 is 35.0 Å². The number of benzene rings is 2. The van der Waals surface area contributed by atoms with Crippen LogP contribution in [0.1, 0.15) is 31.4 Å². The van der Waals surface area contributed by atoms with Gasteiger partial charge in [0.2, 0.25) is 5.91 Å². The van der Waals surface area contributed by atoms with Crippen LogP contribution in [-0.2, 0) is 16.1 Å². The van der Waals surface area contributed by atoms with E-state index >= 15 is 0 Å². The molecular weight excluding hydrogens is 411 g/mol. The number of hydrogen-bond acceptors (Lipinski definition) is 3. The van der Waals surface area contributed by atoms with Crippen molar-refractivity contribution in [2.75, 3.05) is 13.2 Å². The van der Waals surface area contributed by atoms with Gasteiger partial charge < -0.3 is 15.0 Å². The van der Waals surface area contributed by atoms with Crippen molar-refractivity contribution < 1.29 is 14.3 Å². The van der Waals surface area contributed by atoms with E-state index in [1.54, 1.807) is 37.3 Å². The van der Waals surface area contributed by atoms with Gasteiger partial charge in [0, 0.05) is 23.1 Å². The highest BCUT2D eigenvalue weighted by Gasteiger charge is 2.26. The standard InChI is InChI=1S/C22H26Cl2N2O3/c1-4-10-25-22(28)16(3)26(13-17-6-5-7-18(23)12-17)21(27)14-29-19-8-9-20(24)15(2)11-19/h5-9,11-12,16H,4,10,13-14H2,1-3H3,(H,25,28)/t16-/m1/s1. The lowest BCUT2D eigenvalue weighted by molar-refractivity contribution is -0.142. The molecule has 0 aromatic heterocycles. The normalized spacial score (nSPS) is 11.6. The van der Waals surface area contributed by atoms with Gasteiger partial charge in [-0.1, -0.05) is 42.3 Å². The number of nitrogens with one attached hydrogen (secondary N) is 1. The van der Waals surface area contributed by atoms with Crippen LogP contribution < -0.4 is 10.1 Å². The molecule has 2 rings (SSSR count). The van der Waals surface area contributed by atoms with Crippen LogP contribution in [0.5, 0.6) is 5.75 Å². The van der Waals surface area contributed by atoms with Crippen LogP contribution in [0.3, 0.4) is 0 Å². The van der Waals surface area contributed by atoms with Crippen LogP contribution in [0, 0.1) is 6.92 Å². The maximum atomic E-state index is 12.9. The fourth-order valence-electron chi connectivity index (χ4n) is 2.75. The number of hydrogen-bond donors (Lipinski definition) is 1. The Morgan fingerprint density at radius 2 is 1.93 bits per heavy atom. The summed E-state index contributed by atoms with van der Waals surface area (Å²) in [5, 5.41) is 4.04. The third kappa shape index (κ3) is 6.94. The molecule has 0 fully saturated rings. The molecule has 2 aromatic carbocycles. The minimum Gasteiger partial charge on any atom is -0.484 e. The predicted octanol–water partition coefficient (Wildman–Crippen LogP) is 4.62. The number of amides is 2. The number of nitrogens with zero attached hydrogens (tertiary/aromatic N) is 1. The van der Waals surface area contributed by atoms with Crippen molar-refractivity contribution in [1.82, 2.24) is 10.2 Å². The summed E-state index contributed by atoms with van der Waals surface area (Å²) < 4.78 is 5.65. The Balaban J connectivity index is 2.14. The van der Waals surface area contributed by atoms with Gasteiger partial charge in [-0.25, -0.2) is 0 Å². The van der Waals surface area contributed by atoms with Crippen molar-refractivity contribution in [3.05, 3.63) is 63.6 Å². The molecule has 7 heteroatoms. The predicted molar refractivity (Wildman–Crippen MR) is 116 cm³/mol. The first-order valence-electron chi connectivity index (χ1n) is 9.52. The van der Waals surface area contributed by atoms with Gasteiger partial charge in [-0.05, 0) is 61.7 Å². The molecule has 0 aliphatic heterocycles. The molecule has 1 N–H and O–H groups in total. The summed E-state index contributed by atoms with van der Waals surface area (Å²) in [6.07, 6.45) is 0.819. The van der Waals surface area contributed by atoms with Crippen LogP contribution in [0.2, 0.25) is 10.0 Å². The van der Waals surface area contributed by atoms with Crippen LogP contribution in [-0.4, -0.2) is 35.9 Å². The highest BCUT2D eigenvalue weighted by Crippen LogP contribution is 2.21. The first-order chi connectivity index (χ1) is 13.8. The summed E-state index contributed by atoms with van der Waals surface area (Å²) in [6, 6.07) is 11.8. The first kappa shape index (κ1) is 23.0. The number of ether oxygens (including phenoxy) is 1. The van der Waals surface area contributed by atoms with E-state index in [1.165, 1.54) is 4.90 Å². The van der Waals surface area contributed by atoms with Crippen molar-refractivity contribution in [3.63, 3.8) is 0 Å². The van der Waals surface area contributed by atoms with Gasteiger partial charge in [-0.15, -0.1) is 0 Å². The van der Waals surface area contributed by atoms with Crippen molar-refractivity contribution in [3.8, 4) is 5.75 Å². The molecule has 2 aromatic rings. The van der Waals surface area contributed by atoms with E-state index < -0.39 is 6.04 Å². The lowest BCUT2D eigenvalue weighted by Crippen LogP contribution is -2.49. The van der Waals surface area contributed by atoms with Crippen LogP contribution in [0.15, 0.2) is 42.5 Å². The Bertz CT molecular complexity index is 858. The molecule has 29 heavy (non-hydrogen) atoms. The minimum absolute atomic E-state index is 0.187. The zero-order valence-corrected chi connectivity index (χ0v) is 18.4. The van der Waals surface area contributed by atoms with Gasteiger partial charge in [0.1, 0.15) is 11.8 Å². The Labute approximate surface area is 181 Å². The van der Waals surface area contributed by atoms with Crippen molar-refractivity contribution in [1.29, 1.82) is 0 Å². The Kier molecular flexibility index (Phi) is 8.80. The molecule has 0 radical (unpaired) electrons. The highest BCUT2D eigenvalue weighted by molar-refractivity contribution is 6.31. The van der Waals surface area contributed by atoms with E-state index in [2.05, 4.69) is 5.32 Å². The maximum Gasteiger partial charge on any atom is 0.261 e. The Morgan fingerprint density at radius 1 is 1.17 bits per heavy atom. The fourth-order valence-corrected chi connectivity index (χ4v) is 3.08. The second-order valence-corrected chi connectivity index (χ2v) is 7.66. The third-order valence-corrected chi connectivity index (χ3v) is 5.11. The third-order valence-electron chi connectivity index (χ3n) is 4.45. The molecule has 2 amide bonds. The minimum atomic E-state index is -0.649. The smallest absolute Gasteiger partial charge is 0.261 e. The monoisotopic (exact) mass is 436 g/mol. The molecule has 0 unspecified atom stereocenters. The molecule has 0 spiro atoms. The number of rotatable bonds is 9. The second kappa shape index (κ2) is 11.1. The Hall–Kier alpha value is -2.24. The lowest BCUT2D eigenvalue weighted by atomic mass is 10.1. The summed E-state index contributed by atoms with van der Waals surface area (Å²) >= 11 is 12.1. The molecule has 0 heterocycles. The van der Waals surface area contributed by atoms with E-state index in [1.807, 2.05) is 26.0 Å². The van der Waals surface area contributed by atoms with E-state index in [4.69, 9.17) is 27.9 Å². The average Bonchev–Trinajstić information content (AvgIpc) is 2.70. The van der Waals surface area contributed by atoms with Gasteiger partial charge in [-0.2, -0.15) is 0 Å². The molecule has 156 valence electrons.